The summed E-state index contributed by atoms with van der Waals surface area (Å²) < 4.78 is 13.0. The molecule has 1 fully saturated rings. The van der Waals surface area contributed by atoms with Crippen LogP contribution in [0.3, 0.4) is 0 Å². The first-order chi connectivity index (χ1) is 13.2. The van der Waals surface area contributed by atoms with Gasteiger partial charge in [-0.25, -0.2) is 14.4 Å². The predicted octanol–water partition coefficient (Wildman–Crippen LogP) is 3.69. The fourth-order valence-electron chi connectivity index (χ4n) is 3.43. The Hall–Kier alpha value is -3.02. The van der Waals surface area contributed by atoms with Crippen LogP contribution in [0.2, 0.25) is 0 Å². The quantitative estimate of drug-likeness (QED) is 0.767. The van der Waals surface area contributed by atoms with Gasteiger partial charge in [0.25, 0.3) is 5.91 Å². The Bertz CT molecular complexity index is 952. The summed E-state index contributed by atoms with van der Waals surface area (Å²) in [5.41, 5.74) is 2.25. The zero-order valence-electron chi connectivity index (χ0n) is 15.0. The second kappa shape index (κ2) is 7.70. The van der Waals surface area contributed by atoms with Crippen LogP contribution in [-0.2, 0) is 6.54 Å². The molecule has 2 aromatic carbocycles. The normalized spacial score (nSPS) is 14.3. The summed E-state index contributed by atoms with van der Waals surface area (Å²) >= 11 is 0. The summed E-state index contributed by atoms with van der Waals surface area (Å²) in [6.45, 7) is 2.31. The highest BCUT2D eigenvalue weighted by Crippen LogP contribution is 2.26. The molecule has 1 N–H and O–H groups in total. The summed E-state index contributed by atoms with van der Waals surface area (Å²) in [5.74, 6) is 0.437. The molecule has 0 atom stereocenters. The summed E-state index contributed by atoms with van der Waals surface area (Å²) in [4.78, 5) is 23.7. The van der Waals surface area contributed by atoms with Gasteiger partial charge < -0.3 is 10.2 Å². The second-order valence-electron chi connectivity index (χ2n) is 6.79. The molecule has 1 amide bonds. The van der Waals surface area contributed by atoms with E-state index >= 15 is 0 Å². The van der Waals surface area contributed by atoms with E-state index in [1.807, 2.05) is 12.1 Å². The van der Waals surface area contributed by atoms with Crippen LogP contribution in [0.15, 0.2) is 48.8 Å². The Morgan fingerprint density at radius 1 is 1.04 bits per heavy atom. The van der Waals surface area contributed by atoms with Crippen molar-refractivity contribution in [2.45, 2.75) is 25.8 Å². The van der Waals surface area contributed by atoms with Crippen molar-refractivity contribution >= 4 is 22.6 Å². The van der Waals surface area contributed by atoms with Crippen LogP contribution in [0.5, 0.6) is 0 Å². The number of fused-ring (bicyclic) bond motifs is 1. The molecule has 2 heterocycles. The van der Waals surface area contributed by atoms with E-state index in [1.54, 1.807) is 24.5 Å². The number of amides is 1. The van der Waals surface area contributed by atoms with Gasteiger partial charge in [-0.05, 0) is 55.2 Å². The zero-order chi connectivity index (χ0) is 18.6. The molecule has 4 rings (SSSR count). The van der Waals surface area contributed by atoms with Crippen LogP contribution in [-0.4, -0.2) is 29.0 Å². The molecule has 0 bridgehead atoms. The van der Waals surface area contributed by atoms with Crippen molar-refractivity contribution in [3.63, 3.8) is 0 Å². The third-order valence-corrected chi connectivity index (χ3v) is 4.90. The topological polar surface area (TPSA) is 58.1 Å². The second-order valence-corrected chi connectivity index (χ2v) is 6.79. The largest absolute Gasteiger partial charge is 0.356 e. The lowest BCUT2D eigenvalue weighted by molar-refractivity contribution is 0.0951. The van der Waals surface area contributed by atoms with Gasteiger partial charge in [-0.1, -0.05) is 12.1 Å². The fraction of sp³-hybridized carbons (Fsp3) is 0.286. The highest BCUT2D eigenvalue weighted by Gasteiger charge is 2.16. The van der Waals surface area contributed by atoms with Gasteiger partial charge in [0.1, 0.15) is 18.0 Å². The number of carbonyl (C=O) groups excluding carboxylic acids is 1. The van der Waals surface area contributed by atoms with Crippen molar-refractivity contribution in [1.82, 2.24) is 15.3 Å². The number of aromatic nitrogens is 2. The van der Waals surface area contributed by atoms with Crippen molar-refractivity contribution in [2.24, 2.45) is 0 Å². The lowest BCUT2D eigenvalue weighted by Gasteiger charge is -2.28. The van der Waals surface area contributed by atoms with Gasteiger partial charge in [0, 0.05) is 30.6 Å². The summed E-state index contributed by atoms with van der Waals surface area (Å²) in [7, 11) is 0. The summed E-state index contributed by atoms with van der Waals surface area (Å²) in [6, 6.07) is 11.6. The predicted molar refractivity (Wildman–Crippen MR) is 103 cm³/mol. The third kappa shape index (κ3) is 3.89. The van der Waals surface area contributed by atoms with Crippen LogP contribution in [0, 0.1) is 5.82 Å². The van der Waals surface area contributed by atoms with Crippen LogP contribution >= 0.6 is 0 Å². The molecule has 0 radical (unpaired) electrons. The van der Waals surface area contributed by atoms with Crippen molar-refractivity contribution < 1.29 is 9.18 Å². The Morgan fingerprint density at radius 3 is 2.59 bits per heavy atom. The van der Waals surface area contributed by atoms with E-state index in [9.17, 15) is 9.18 Å². The van der Waals surface area contributed by atoms with Crippen molar-refractivity contribution in [2.75, 3.05) is 18.0 Å². The van der Waals surface area contributed by atoms with E-state index in [0.29, 0.717) is 12.1 Å². The van der Waals surface area contributed by atoms with Gasteiger partial charge in [0.2, 0.25) is 0 Å². The van der Waals surface area contributed by atoms with Crippen molar-refractivity contribution in [3.8, 4) is 0 Å². The Labute approximate surface area is 157 Å². The maximum atomic E-state index is 13.0. The molecule has 0 unspecified atom stereocenters. The first-order valence-corrected chi connectivity index (χ1v) is 9.23. The highest BCUT2D eigenvalue weighted by atomic mass is 19.1. The third-order valence-electron chi connectivity index (χ3n) is 4.90. The van der Waals surface area contributed by atoms with E-state index in [2.05, 4.69) is 20.2 Å². The van der Waals surface area contributed by atoms with Crippen molar-refractivity contribution in [1.29, 1.82) is 0 Å². The average molecular weight is 364 g/mol. The number of piperidine rings is 1. The monoisotopic (exact) mass is 364 g/mol. The van der Waals surface area contributed by atoms with Gasteiger partial charge in [-0.2, -0.15) is 0 Å². The number of benzene rings is 2. The number of anilines is 1. The molecule has 138 valence electrons. The van der Waals surface area contributed by atoms with Crippen molar-refractivity contribution in [3.05, 3.63) is 65.7 Å². The minimum Gasteiger partial charge on any atom is -0.356 e. The molecule has 0 aliphatic carbocycles. The van der Waals surface area contributed by atoms with E-state index in [4.69, 9.17) is 0 Å². The number of nitrogens with one attached hydrogen (secondary N) is 1. The highest BCUT2D eigenvalue weighted by molar-refractivity contribution is 6.00. The molecular weight excluding hydrogens is 343 g/mol. The van der Waals surface area contributed by atoms with E-state index in [-0.39, 0.29) is 11.7 Å². The number of halogens is 1. The molecule has 1 aliphatic rings. The smallest absolute Gasteiger partial charge is 0.251 e. The van der Waals surface area contributed by atoms with Gasteiger partial charge >= 0.3 is 0 Å². The maximum Gasteiger partial charge on any atom is 0.251 e. The molecule has 6 heteroatoms. The molecule has 1 saturated heterocycles. The fourth-order valence-corrected chi connectivity index (χ4v) is 3.43. The molecule has 1 aliphatic heterocycles. The summed E-state index contributed by atoms with van der Waals surface area (Å²) in [6.07, 6.45) is 5.14. The minimum atomic E-state index is -0.287. The van der Waals surface area contributed by atoms with Gasteiger partial charge in [0.15, 0.2) is 0 Å². The number of carbonyl (C=O) groups is 1. The molecular formula is C21H21FN4O. The van der Waals surface area contributed by atoms with Gasteiger partial charge in [-0.3, -0.25) is 4.79 Å². The standard InChI is InChI=1S/C21H21FN4O/c22-17-7-4-15(5-8-17)13-23-21(27)16-6-9-19-18(12-16)20(25-14-24-19)26-10-2-1-3-11-26/h4-9,12,14H,1-3,10-11,13H2,(H,23,27). The number of hydrogen-bond donors (Lipinski definition) is 1. The number of hydrogen-bond acceptors (Lipinski definition) is 4. The molecule has 1 aromatic heterocycles. The lowest BCUT2D eigenvalue weighted by Crippen LogP contribution is -2.30. The van der Waals surface area contributed by atoms with Gasteiger partial charge in [0.05, 0.1) is 5.52 Å². The maximum absolute atomic E-state index is 13.0. The van der Waals surface area contributed by atoms with Crippen LogP contribution in [0.25, 0.3) is 10.9 Å². The lowest BCUT2D eigenvalue weighted by atomic mass is 10.1. The Kier molecular flexibility index (Phi) is 4.96. The molecule has 0 spiro atoms. The first-order valence-electron chi connectivity index (χ1n) is 9.23. The van der Waals surface area contributed by atoms with Crippen LogP contribution in [0.4, 0.5) is 10.2 Å². The molecule has 5 nitrogen and oxygen atoms in total. The summed E-state index contributed by atoms with van der Waals surface area (Å²) in [5, 5.41) is 3.78. The van der Waals surface area contributed by atoms with E-state index in [1.165, 1.54) is 18.6 Å². The minimum absolute atomic E-state index is 0.172. The van der Waals surface area contributed by atoms with E-state index < -0.39 is 0 Å². The zero-order valence-corrected chi connectivity index (χ0v) is 15.0. The first kappa shape index (κ1) is 17.4. The SMILES string of the molecule is O=C(NCc1ccc(F)cc1)c1ccc2ncnc(N3CCCCC3)c2c1. The number of nitrogens with zero attached hydrogens (tertiary/aromatic N) is 3. The molecule has 0 saturated carbocycles. The molecule has 27 heavy (non-hydrogen) atoms. The Morgan fingerprint density at radius 2 is 1.81 bits per heavy atom. The molecule has 3 aromatic rings. The van der Waals surface area contributed by atoms with E-state index in [0.717, 1.165) is 48.2 Å². The van der Waals surface area contributed by atoms with Crippen LogP contribution in [0.1, 0.15) is 35.2 Å². The Balaban J connectivity index is 1.56. The number of rotatable bonds is 4. The van der Waals surface area contributed by atoms with Crippen LogP contribution < -0.4 is 10.2 Å². The van der Waals surface area contributed by atoms with Gasteiger partial charge in [-0.15, -0.1) is 0 Å². The average Bonchev–Trinajstić information content (AvgIpc) is 2.73.